The molecule has 1 aromatic rings. The van der Waals surface area contributed by atoms with Gasteiger partial charge >= 0.3 is 5.97 Å². The van der Waals surface area contributed by atoms with Crippen molar-refractivity contribution in [2.24, 2.45) is 5.92 Å². The lowest BCUT2D eigenvalue weighted by Crippen LogP contribution is -2.23. The summed E-state index contributed by atoms with van der Waals surface area (Å²) in [5.41, 5.74) is 2.95. The maximum Gasteiger partial charge on any atom is 0.311 e. The van der Waals surface area contributed by atoms with Crippen molar-refractivity contribution in [3.63, 3.8) is 0 Å². The molecule has 0 radical (unpaired) electrons. The zero-order chi connectivity index (χ0) is 13.0. The van der Waals surface area contributed by atoms with Crippen molar-refractivity contribution in [2.75, 3.05) is 7.11 Å². The lowest BCUT2D eigenvalue weighted by Gasteiger charge is -2.21. The quantitative estimate of drug-likeness (QED) is 0.817. The number of aliphatic hydroxyl groups excluding tert-OH is 1. The Balaban J connectivity index is 3.06. The Morgan fingerprint density at radius 1 is 1.41 bits per heavy atom. The van der Waals surface area contributed by atoms with Gasteiger partial charge in [-0.1, -0.05) is 25.1 Å². The molecule has 1 N–H and O–H groups in total. The molecule has 1 aromatic carbocycles. The van der Waals surface area contributed by atoms with E-state index in [4.69, 9.17) is 4.74 Å². The van der Waals surface area contributed by atoms with Crippen LogP contribution in [0.2, 0.25) is 0 Å². The number of hydrogen-bond donors (Lipinski definition) is 1. The molecule has 17 heavy (non-hydrogen) atoms. The molecule has 0 aliphatic carbocycles. The lowest BCUT2D eigenvalue weighted by molar-refractivity contribution is -0.149. The minimum atomic E-state index is -0.799. The van der Waals surface area contributed by atoms with Crippen molar-refractivity contribution in [1.29, 1.82) is 0 Å². The maximum atomic E-state index is 11.6. The van der Waals surface area contributed by atoms with Gasteiger partial charge in [-0.2, -0.15) is 0 Å². The fourth-order valence-electron chi connectivity index (χ4n) is 1.98. The Kier molecular flexibility index (Phi) is 4.70. The molecule has 1 rings (SSSR count). The van der Waals surface area contributed by atoms with Crippen LogP contribution in [-0.2, 0) is 9.53 Å². The molecule has 0 saturated heterocycles. The summed E-state index contributed by atoms with van der Waals surface area (Å²) in [5, 5.41) is 10.3. The Hall–Kier alpha value is -1.35. The summed E-state index contributed by atoms with van der Waals surface area (Å²) in [4.78, 5) is 11.6. The first-order valence-corrected chi connectivity index (χ1v) is 5.84. The van der Waals surface area contributed by atoms with E-state index in [1.54, 1.807) is 0 Å². The predicted molar refractivity (Wildman–Crippen MR) is 66.7 cm³/mol. The number of aryl methyl sites for hydroxylation is 1. The molecule has 0 aliphatic heterocycles. The van der Waals surface area contributed by atoms with Crippen LogP contribution in [0, 0.1) is 19.8 Å². The van der Waals surface area contributed by atoms with E-state index in [0.29, 0.717) is 6.42 Å². The van der Waals surface area contributed by atoms with Crippen LogP contribution in [0.15, 0.2) is 18.2 Å². The molecule has 2 unspecified atom stereocenters. The zero-order valence-corrected chi connectivity index (χ0v) is 10.9. The van der Waals surface area contributed by atoms with Gasteiger partial charge in [-0.05, 0) is 37.0 Å². The minimum Gasteiger partial charge on any atom is -0.469 e. The van der Waals surface area contributed by atoms with Crippen LogP contribution in [0.1, 0.15) is 36.1 Å². The normalized spacial score (nSPS) is 14.2. The van der Waals surface area contributed by atoms with Gasteiger partial charge in [0, 0.05) is 0 Å². The number of hydrogen-bond acceptors (Lipinski definition) is 3. The smallest absolute Gasteiger partial charge is 0.311 e. The van der Waals surface area contributed by atoms with Crippen LogP contribution >= 0.6 is 0 Å². The van der Waals surface area contributed by atoms with Gasteiger partial charge in [0.25, 0.3) is 0 Å². The Labute approximate surface area is 102 Å². The van der Waals surface area contributed by atoms with Crippen molar-refractivity contribution in [2.45, 2.75) is 33.3 Å². The fraction of sp³-hybridized carbons (Fsp3) is 0.500. The first-order valence-electron chi connectivity index (χ1n) is 5.84. The molecular formula is C14H20O3. The van der Waals surface area contributed by atoms with Gasteiger partial charge in [0.2, 0.25) is 0 Å². The van der Waals surface area contributed by atoms with Crippen LogP contribution in [0.4, 0.5) is 0 Å². The molecule has 0 amide bonds. The number of carbonyl (C=O) groups excluding carboxylic acids is 1. The Bertz CT molecular complexity index is 398. The molecule has 0 aromatic heterocycles. The topological polar surface area (TPSA) is 46.5 Å². The molecule has 3 heteroatoms. The Morgan fingerprint density at radius 3 is 2.59 bits per heavy atom. The molecule has 3 nitrogen and oxygen atoms in total. The minimum absolute atomic E-state index is 0.360. The van der Waals surface area contributed by atoms with Crippen LogP contribution in [-0.4, -0.2) is 18.2 Å². The Morgan fingerprint density at radius 2 is 2.06 bits per heavy atom. The van der Waals surface area contributed by atoms with E-state index in [9.17, 15) is 9.90 Å². The third-order valence-electron chi connectivity index (χ3n) is 3.29. The van der Waals surface area contributed by atoms with Gasteiger partial charge < -0.3 is 9.84 Å². The first kappa shape index (κ1) is 13.7. The highest BCUT2D eigenvalue weighted by molar-refractivity contribution is 5.73. The standard InChI is InChI=1S/C14H20O3/c1-5-11(14(16)17-4)13(15)12-8-6-7-9(2)10(12)3/h6-8,11,13,15H,5H2,1-4H3. The summed E-state index contributed by atoms with van der Waals surface area (Å²) < 4.78 is 4.72. The molecule has 0 bridgehead atoms. The van der Waals surface area contributed by atoms with E-state index in [0.717, 1.165) is 16.7 Å². The second-order valence-electron chi connectivity index (χ2n) is 4.27. The van der Waals surface area contributed by atoms with E-state index in [-0.39, 0.29) is 5.97 Å². The molecule has 94 valence electrons. The number of carbonyl (C=O) groups is 1. The molecule has 2 atom stereocenters. The van der Waals surface area contributed by atoms with Crippen LogP contribution in [0.25, 0.3) is 0 Å². The predicted octanol–water partition coefficient (Wildman–Crippen LogP) is 2.54. The van der Waals surface area contributed by atoms with E-state index in [2.05, 4.69) is 0 Å². The lowest BCUT2D eigenvalue weighted by atomic mass is 9.89. The van der Waals surface area contributed by atoms with Crippen LogP contribution < -0.4 is 0 Å². The number of rotatable bonds is 4. The highest BCUT2D eigenvalue weighted by atomic mass is 16.5. The largest absolute Gasteiger partial charge is 0.469 e. The third kappa shape index (κ3) is 2.86. The van der Waals surface area contributed by atoms with E-state index >= 15 is 0 Å². The second kappa shape index (κ2) is 5.82. The van der Waals surface area contributed by atoms with Crippen molar-refractivity contribution < 1.29 is 14.6 Å². The number of aliphatic hydroxyl groups is 1. The molecular weight excluding hydrogens is 216 g/mol. The molecule has 0 saturated carbocycles. The summed E-state index contributed by atoms with van der Waals surface area (Å²) in [6, 6.07) is 5.74. The molecule has 0 heterocycles. The summed E-state index contributed by atoms with van der Waals surface area (Å²) in [6.07, 6.45) is -0.242. The first-order chi connectivity index (χ1) is 8.02. The number of benzene rings is 1. The third-order valence-corrected chi connectivity index (χ3v) is 3.29. The summed E-state index contributed by atoms with van der Waals surface area (Å²) in [7, 11) is 1.35. The van der Waals surface area contributed by atoms with E-state index in [1.165, 1.54) is 7.11 Å². The van der Waals surface area contributed by atoms with Gasteiger partial charge in [0.05, 0.1) is 19.1 Å². The fourth-order valence-corrected chi connectivity index (χ4v) is 1.98. The average Bonchev–Trinajstić information content (AvgIpc) is 2.33. The zero-order valence-electron chi connectivity index (χ0n) is 10.9. The van der Waals surface area contributed by atoms with E-state index < -0.39 is 12.0 Å². The van der Waals surface area contributed by atoms with Gasteiger partial charge in [-0.25, -0.2) is 0 Å². The number of ether oxygens (including phenoxy) is 1. The van der Waals surface area contributed by atoms with Crippen molar-refractivity contribution >= 4 is 5.97 Å². The highest BCUT2D eigenvalue weighted by Crippen LogP contribution is 2.29. The molecule has 0 aliphatic rings. The maximum absolute atomic E-state index is 11.6. The summed E-state index contributed by atoms with van der Waals surface area (Å²) in [6.45, 7) is 5.82. The summed E-state index contributed by atoms with van der Waals surface area (Å²) >= 11 is 0. The van der Waals surface area contributed by atoms with Crippen molar-refractivity contribution in [1.82, 2.24) is 0 Å². The second-order valence-corrected chi connectivity index (χ2v) is 4.27. The van der Waals surface area contributed by atoms with E-state index in [1.807, 2.05) is 39.0 Å². The van der Waals surface area contributed by atoms with Crippen molar-refractivity contribution in [3.05, 3.63) is 34.9 Å². The van der Waals surface area contributed by atoms with Gasteiger partial charge in [-0.15, -0.1) is 0 Å². The van der Waals surface area contributed by atoms with Crippen LogP contribution in [0.5, 0.6) is 0 Å². The monoisotopic (exact) mass is 236 g/mol. The summed E-state index contributed by atoms with van der Waals surface area (Å²) in [5.74, 6) is -0.860. The van der Waals surface area contributed by atoms with Crippen LogP contribution in [0.3, 0.4) is 0 Å². The number of esters is 1. The van der Waals surface area contributed by atoms with Gasteiger partial charge in [0.15, 0.2) is 0 Å². The highest BCUT2D eigenvalue weighted by Gasteiger charge is 2.28. The van der Waals surface area contributed by atoms with Crippen molar-refractivity contribution in [3.8, 4) is 0 Å². The number of methoxy groups -OCH3 is 1. The molecule has 0 fully saturated rings. The molecule has 0 spiro atoms. The van der Waals surface area contributed by atoms with Gasteiger partial charge in [-0.3, -0.25) is 4.79 Å². The average molecular weight is 236 g/mol. The van der Waals surface area contributed by atoms with Gasteiger partial charge in [0.1, 0.15) is 0 Å². The SMILES string of the molecule is CCC(C(=O)OC)C(O)c1cccc(C)c1C.